The van der Waals surface area contributed by atoms with Crippen LogP contribution in [0.1, 0.15) is 59.8 Å². The minimum atomic E-state index is -1.25. The molecule has 1 fully saturated rings. The standard InChI is InChI=1S/C24H41N5O9/c1-13(2)11-16(24(36)37-5)27-22(34)17-7-6-10-29(17)23(35)20(14(3)4)28-21(33)15(8-9-19(31)32)26-18(30)12-38-25/h13-17,20H,6-12,25H2,1-5H3,(H,26,30)(H,27,34)(H,28,33)(H,31,32)/t15-,16-,17-,20-/m0/s1. The SMILES string of the molecule is COC(=O)[C@H](CC(C)C)NC(=O)[C@@H]1CCCN1C(=O)[C@@H](NC(=O)[C@H](CCC(=O)O)NC(=O)CON)C(C)C. The van der Waals surface area contributed by atoms with Crippen LogP contribution in [0, 0.1) is 11.8 Å². The number of amides is 4. The van der Waals surface area contributed by atoms with Crippen molar-refractivity contribution in [3.8, 4) is 0 Å². The maximum Gasteiger partial charge on any atom is 0.328 e. The molecule has 216 valence electrons. The topological polar surface area (TPSA) is 206 Å². The van der Waals surface area contributed by atoms with Crippen LogP contribution in [0.5, 0.6) is 0 Å². The molecule has 6 N–H and O–H groups in total. The molecule has 0 aromatic carbocycles. The van der Waals surface area contributed by atoms with Gasteiger partial charge in [-0.15, -0.1) is 0 Å². The summed E-state index contributed by atoms with van der Waals surface area (Å²) in [6.07, 6.45) is 0.654. The third-order valence-electron chi connectivity index (χ3n) is 6.09. The first-order valence-electron chi connectivity index (χ1n) is 12.6. The van der Waals surface area contributed by atoms with Crippen molar-refractivity contribution in [2.75, 3.05) is 20.3 Å². The number of hydrogen-bond donors (Lipinski definition) is 5. The summed E-state index contributed by atoms with van der Waals surface area (Å²) in [4.78, 5) is 80.4. The molecule has 0 bridgehead atoms. The van der Waals surface area contributed by atoms with Crippen LogP contribution in [-0.4, -0.2) is 90.0 Å². The molecule has 0 aromatic heterocycles. The van der Waals surface area contributed by atoms with Crippen LogP contribution < -0.4 is 21.8 Å². The van der Waals surface area contributed by atoms with E-state index in [1.807, 2.05) is 13.8 Å². The van der Waals surface area contributed by atoms with Gasteiger partial charge in [-0.3, -0.25) is 28.8 Å². The maximum atomic E-state index is 13.5. The molecule has 0 unspecified atom stereocenters. The fourth-order valence-corrected chi connectivity index (χ4v) is 4.19. The summed E-state index contributed by atoms with van der Waals surface area (Å²) in [5, 5.41) is 16.7. The van der Waals surface area contributed by atoms with Gasteiger partial charge < -0.3 is 30.7 Å². The minimum absolute atomic E-state index is 0.104. The smallest absolute Gasteiger partial charge is 0.328 e. The number of carboxylic acids is 1. The predicted octanol–water partition coefficient (Wildman–Crippen LogP) is -0.938. The second-order valence-electron chi connectivity index (χ2n) is 10.00. The van der Waals surface area contributed by atoms with Crippen LogP contribution >= 0.6 is 0 Å². The predicted molar refractivity (Wildman–Crippen MR) is 134 cm³/mol. The van der Waals surface area contributed by atoms with E-state index < -0.39 is 78.7 Å². The number of nitrogens with zero attached hydrogens (tertiary/aromatic N) is 1. The molecular weight excluding hydrogens is 502 g/mol. The average molecular weight is 544 g/mol. The van der Waals surface area contributed by atoms with Crippen molar-refractivity contribution >= 4 is 35.6 Å². The number of likely N-dealkylation sites (tertiary alicyclic amines) is 1. The van der Waals surface area contributed by atoms with Gasteiger partial charge in [-0.25, -0.2) is 10.7 Å². The van der Waals surface area contributed by atoms with Gasteiger partial charge in [-0.1, -0.05) is 27.7 Å². The largest absolute Gasteiger partial charge is 0.481 e. The highest BCUT2D eigenvalue weighted by molar-refractivity contribution is 5.95. The lowest BCUT2D eigenvalue weighted by Crippen LogP contribution is -2.59. The second kappa shape index (κ2) is 15.9. The monoisotopic (exact) mass is 543 g/mol. The molecule has 14 nitrogen and oxygen atoms in total. The quantitative estimate of drug-likeness (QED) is 0.127. The van der Waals surface area contributed by atoms with Gasteiger partial charge in [0.25, 0.3) is 0 Å². The Hall–Kier alpha value is -3.26. The Morgan fingerprint density at radius 1 is 1.03 bits per heavy atom. The molecule has 1 aliphatic heterocycles. The number of ether oxygens (including phenoxy) is 1. The highest BCUT2D eigenvalue weighted by Gasteiger charge is 2.40. The lowest BCUT2D eigenvalue weighted by atomic mass is 10.0. The first-order chi connectivity index (χ1) is 17.8. The Bertz CT molecular complexity index is 864. The number of carbonyl (C=O) groups excluding carboxylic acids is 5. The van der Waals surface area contributed by atoms with E-state index in [0.717, 1.165) is 0 Å². The van der Waals surface area contributed by atoms with E-state index in [-0.39, 0.29) is 18.9 Å². The van der Waals surface area contributed by atoms with Crippen molar-refractivity contribution < 1.29 is 43.4 Å². The van der Waals surface area contributed by atoms with Gasteiger partial charge >= 0.3 is 11.9 Å². The van der Waals surface area contributed by atoms with Gasteiger partial charge in [0.2, 0.25) is 23.6 Å². The molecule has 4 atom stereocenters. The van der Waals surface area contributed by atoms with Crippen LogP contribution in [0.25, 0.3) is 0 Å². The number of rotatable bonds is 15. The summed E-state index contributed by atoms with van der Waals surface area (Å²) in [6.45, 7) is 6.94. The van der Waals surface area contributed by atoms with Crippen molar-refractivity contribution in [1.29, 1.82) is 0 Å². The van der Waals surface area contributed by atoms with Crippen molar-refractivity contribution in [2.24, 2.45) is 17.7 Å². The number of hydrogen-bond acceptors (Lipinski definition) is 9. The first kappa shape index (κ1) is 32.8. The van der Waals surface area contributed by atoms with E-state index >= 15 is 0 Å². The molecule has 1 saturated heterocycles. The van der Waals surface area contributed by atoms with Crippen molar-refractivity contribution in [3.63, 3.8) is 0 Å². The molecule has 1 aliphatic rings. The summed E-state index contributed by atoms with van der Waals surface area (Å²) in [5.41, 5.74) is 0. The third-order valence-corrected chi connectivity index (χ3v) is 6.09. The van der Waals surface area contributed by atoms with E-state index in [1.54, 1.807) is 13.8 Å². The number of carboxylic acid groups (broad SMARTS) is 1. The summed E-state index contributed by atoms with van der Waals surface area (Å²) >= 11 is 0. The Morgan fingerprint density at radius 3 is 2.21 bits per heavy atom. The Kier molecular flexibility index (Phi) is 13.7. The highest BCUT2D eigenvalue weighted by Crippen LogP contribution is 2.21. The van der Waals surface area contributed by atoms with Crippen LogP contribution in [0.4, 0.5) is 0 Å². The molecule has 4 amide bonds. The summed E-state index contributed by atoms with van der Waals surface area (Å²) < 4.78 is 4.80. The van der Waals surface area contributed by atoms with Crippen molar-refractivity contribution in [2.45, 2.75) is 84.0 Å². The van der Waals surface area contributed by atoms with Crippen molar-refractivity contribution in [3.05, 3.63) is 0 Å². The number of nitrogens with two attached hydrogens (primary N) is 1. The zero-order valence-corrected chi connectivity index (χ0v) is 22.7. The molecule has 0 aliphatic carbocycles. The molecule has 0 spiro atoms. The van der Waals surface area contributed by atoms with Gasteiger partial charge in [-0.2, -0.15) is 0 Å². The molecule has 14 heteroatoms. The van der Waals surface area contributed by atoms with Crippen LogP contribution in [0.2, 0.25) is 0 Å². The van der Waals surface area contributed by atoms with Crippen LogP contribution in [0.3, 0.4) is 0 Å². The van der Waals surface area contributed by atoms with E-state index in [0.29, 0.717) is 19.3 Å². The molecule has 38 heavy (non-hydrogen) atoms. The molecule has 0 saturated carbocycles. The molecule has 0 aromatic rings. The lowest BCUT2D eigenvalue weighted by Gasteiger charge is -2.32. The molecular formula is C24H41N5O9. The lowest BCUT2D eigenvalue weighted by molar-refractivity contribution is -0.147. The van der Waals surface area contributed by atoms with E-state index in [9.17, 15) is 28.8 Å². The number of aliphatic carboxylic acids is 1. The third kappa shape index (κ3) is 10.2. The van der Waals surface area contributed by atoms with Gasteiger partial charge in [0, 0.05) is 13.0 Å². The molecule has 1 heterocycles. The summed E-state index contributed by atoms with van der Waals surface area (Å²) in [6, 6.07) is -4.01. The Balaban J connectivity index is 3.04. The number of nitrogens with one attached hydrogen (secondary N) is 3. The highest BCUT2D eigenvalue weighted by atomic mass is 16.6. The fraction of sp³-hybridized carbons (Fsp3) is 0.750. The first-order valence-corrected chi connectivity index (χ1v) is 12.6. The van der Waals surface area contributed by atoms with E-state index in [1.165, 1.54) is 12.0 Å². The van der Waals surface area contributed by atoms with E-state index in [2.05, 4.69) is 20.8 Å². The van der Waals surface area contributed by atoms with Crippen LogP contribution in [-0.2, 0) is 38.3 Å². The van der Waals surface area contributed by atoms with Gasteiger partial charge in [0.1, 0.15) is 30.8 Å². The van der Waals surface area contributed by atoms with Gasteiger partial charge in [0.05, 0.1) is 7.11 Å². The molecule has 0 radical (unpaired) electrons. The van der Waals surface area contributed by atoms with E-state index in [4.69, 9.17) is 15.7 Å². The molecule has 1 rings (SSSR count). The Morgan fingerprint density at radius 2 is 1.68 bits per heavy atom. The number of esters is 1. The zero-order chi connectivity index (χ0) is 29.0. The zero-order valence-electron chi connectivity index (χ0n) is 22.7. The number of methoxy groups -OCH3 is 1. The van der Waals surface area contributed by atoms with Crippen molar-refractivity contribution in [1.82, 2.24) is 20.9 Å². The fourth-order valence-electron chi connectivity index (χ4n) is 4.19. The Labute approximate surface area is 222 Å². The maximum absolute atomic E-state index is 13.5. The van der Waals surface area contributed by atoms with Crippen LogP contribution in [0.15, 0.2) is 0 Å². The average Bonchev–Trinajstić information content (AvgIpc) is 3.33. The van der Waals surface area contributed by atoms with Gasteiger partial charge in [0.15, 0.2) is 0 Å². The normalized spacial score (nSPS) is 17.5. The minimum Gasteiger partial charge on any atom is -0.481 e. The summed E-state index contributed by atoms with van der Waals surface area (Å²) in [5.74, 6) is 0.356. The van der Waals surface area contributed by atoms with Gasteiger partial charge in [-0.05, 0) is 37.5 Å². The summed E-state index contributed by atoms with van der Waals surface area (Å²) in [7, 11) is 1.23. The second-order valence-corrected chi connectivity index (χ2v) is 10.00. The number of carbonyl (C=O) groups is 6.